The van der Waals surface area contributed by atoms with E-state index in [-0.39, 0.29) is 29.6 Å². The summed E-state index contributed by atoms with van der Waals surface area (Å²) >= 11 is 0. The molecule has 0 aliphatic carbocycles. The number of carbonyl (C=O) groups is 1. The first-order chi connectivity index (χ1) is 12.9. The molecule has 0 saturated heterocycles. The van der Waals surface area contributed by atoms with Crippen molar-refractivity contribution in [2.75, 3.05) is 5.75 Å². The van der Waals surface area contributed by atoms with Crippen molar-refractivity contribution in [3.05, 3.63) is 12.7 Å². The third-order valence-corrected chi connectivity index (χ3v) is 5.65. The maximum atomic E-state index is 11.3. The van der Waals surface area contributed by atoms with Crippen LogP contribution in [0.4, 0.5) is 0 Å². The van der Waals surface area contributed by atoms with Crippen molar-refractivity contribution < 1.29 is 47.3 Å². The Morgan fingerprint density at radius 1 is 0.893 bits per heavy atom. The van der Waals surface area contributed by atoms with Crippen LogP contribution in [0.15, 0.2) is 12.7 Å². The molecule has 0 aromatic heterocycles. The molecule has 0 radical (unpaired) electrons. The van der Waals surface area contributed by atoms with Gasteiger partial charge in [0.1, 0.15) is 0 Å². The summed E-state index contributed by atoms with van der Waals surface area (Å²) in [4.78, 5) is 11.3. The molecule has 1 unspecified atom stereocenters. The van der Waals surface area contributed by atoms with E-state index < -0.39 is 27.8 Å². The van der Waals surface area contributed by atoms with Gasteiger partial charge in [-0.25, -0.2) is 8.42 Å². The first-order valence-corrected chi connectivity index (χ1v) is 12.3. The van der Waals surface area contributed by atoms with Gasteiger partial charge < -0.3 is 9.87 Å². The van der Waals surface area contributed by atoms with Gasteiger partial charge in [0.25, 0.3) is 0 Å². The van der Waals surface area contributed by atoms with Crippen LogP contribution >= 0.6 is 0 Å². The molecule has 1 atom stereocenters. The predicted molar refractivity (Wildman–Crippen MR) is 112 cm³/mol. The largest absolute Gasteiger partial charge is 1.00 e. The van der Waals surface area contributed by atoms with Gasteiger partial charge in [-0.1, -0.05) is 103 Å². The van der Waals surface area contributed by atoms with Crippen LogP contribution in [0.1, 0.15) is 103 Å². The summed E-state index contributed by atoms with van der Waals surface area (Å²) < 4.78 is 32.8. The van der Waals surface area contributed by atoms with E-state index in [1.807, 2.05) is 0 Å². The summed E-state index contributed by atoms with van der Waals surface area (Å²) in [6.07, 6.45) is 19.1. The molecule has 28 heavy (non-hydrogen) atoms. The van der Waals surface area contributed by atoms with Crippen molar-refractivity contribution in [2.24, 2.45) is 0 Å². The quantitative estimate of drug-likeness (QED) is 0.149. The van der Waals surface area contributed by atoms with E-state index in [0.29, 0.717) is 6.42 Å². The summed E-state index contributed by atoms with van der Waals surface area (Å²) in [7, 11) is -4.35. The van der Waals surface area contributed by atoms with E-state index in [9.17, 15) is 17.8 Å². The van der Waals surface area contributed by atoms with Crippen LogP contribution in [-0.4, -0.2) is 30.7 Å². The van der Waals surface area contributed by atoms with Gasteiger partial charge in [-0.05, 0) is 12.5 Å². The Morgan fingerprint density at radius 3 is 1.64 bits per heavy atom. The third kappa shape index (κ3) is 22.4. The summed E-state index contributed by atoms with van der Waals surface area (Å²) in [5.74, 6) is -0.987. The zero-order valence-electron chi connectivity index (χ0n) is 18.2. The second-order valence-corrected chi connectivity index (χ2v) is 8.97. The Balaban J connectivity index is 0. The normalized spacial score (nSPS) is 12.2. The molecule has 0 bridgehead atoms. The van der Waals surface area contributed by atoms with Crippen LogP contribution in [0.5, 0.6) is 0 Å². The smallest absolute Gasteiger partial charge is 0.748 e. The number of hydrogen-bond acceptors (Lipinski definition) is 4. The first kappa shape index (κ1) is 30.3. The summed E-state index contributed by atoms with van der Waals surface area (Å²) in [5, 5.41) is 2.53. The Labute approximate surface area is 195 Å². The standard InChI is InChI=1S/C21H41NO4S.Na/c1-3-5-6-7-8-9-10-11-12-13-14-15-16-17-18-20(19-27(24,25)26)22-21(23)4-2;/h4,20H,2-3,5-19H2,1H3,(H,22,23)(H,24,25,26);/q;+1/p-1. The molecule has 0 fully saturated rings. The SMILES string of the molecule is C=CC(=O)NC(CCCCCCCCCCCCCCCC)CS(=O)(=O)[O-].[Na+]. The molecule has 0 saturated carbocycles. The number of hydrogen-bond donors (Lipinski definition) is 1. The summed E-state index contributed by atoms with van der Waals surface area (Å²) in [6, 6.07) is -0.615. The monoisotopic (exact) mass is 425 g/mol. The van der Waals surface area contributed by atoms with Gasteiger partial charge in [0.2, 0.25) is 5.91 Å². The molecular formula is C21H40NNaO4S. The molecule has 0 aromatic rings. The topological polar surface area (TPSA) is 86.3 Å². The fraction of sp³-hybridized carbons (Fsp3) is 0.857. The van der Waals surface area contributed by atoms with E-state index in [0.717, 1.165) is 25.3 Å². The van der Waals surface area contributed by atoms with E-state index in [4.69, 9.17) is 0 Å². The fourth-order valence-corrected chi connectivity index (χ4v) is 4.03. The molecule has 160 valence electrons. The van der Waals surface area contributed by atoms with Gasteiger partial charge in [0.05, 0.1) is 15.9 Å². The maximum Gasteiger partial charge on any atom is 1.00 e. The number of unbranched alkanes of at least 4 members (excludes halogenated alkanes) is 13. The van der Waals surface area contributed by atoms with Crippen molar-refractivity contribution in [3.8, 4) is 0 Å². The Morgan fingerprint density at radius 2 is 1.29 bits per heavy atom. The van der Waals surface area contributed by atoms with Gasteiger partial charge in [-0.15, -0.1) is 0 Å². The zero-order chi connectivity index (χ0) is 20.4. The van der Waals surface area contributed by atoms with E-state index in [1.165, 1.54) is 70.6 Å². The molecule has 0 aliphatic heterocycles. The molecule has 0 spiro atoms. The van der Waals surface area contributed by atoms with Gasteiger partial charge in [-0.3, -0.25) is 4.79 Å². The summed E-state index contributed by atoms with van der Waals surface area (Å²) in [6.45, 7) is 5.59. The molecule has 0 aliphatic rings. The number of amides is 1. The van der Waals surface area contributed by atoms with Gasteiger partial charge in [0, 0.05) is 6.04 Å². The van der Waals surface area contributed by atoms with Crippen LogP contribution in [-0.2, 0) is 14.9 Å². The average Bonchev–Trinajstić information content (AvgIpc) is 2.60. The number of nitrogens with one attached hydrogen (secondary N) is 1. The van der Waals surface area contributed by atoms with Crippen LogP contribution in [0.25, 0.3) is 0 Å². The minimum absolute atomic E-state index is 0. The minimum Gasteiger partial charge on any atom is -0.748 e. The Kier molecular flexibility index (Phi) is 22.1. The second kappa shape index (κ2) is 20.4. The van der Waals surface area contributed by atoms with Crippen LogP contribution < -0.4 is 34.9 Å². The molecule has 0 aromatic carbocycles. The molecule has 0 rings (SSSR count). The van der Waals surface area contributed by atoms with Crippen molar-refractivity contribution in [1.82, 2.24) is 5.32 Å². The van der Waals surface area contributed by atoms with E-state index in [2.05, 4.69) is 18.8 Å². The van der Waals surface area contributed by atoms with Crippen LogP contribution in [0.2, 0.25) is 0 Å². The molecule has 0 heterocycles. The van der Waals surface area contributed by atoms with Gasteiger partial charge in [-0.2, -0.15) is 0 Å². The van der Waals surface area contributed by atoms with Crippen molar-refractivity contribution in [2.45, 2.75) is 109 Å². The van der Waals surface area contributed by atoms with Gasteiger partial charge >= 0.3 is 29.6 Å². The molecule has 7 heteroatoms. The zero-order valence-corrected chi connectivity index (χ0v) is 21.0. The Hall–Kier alpha value is 0.120. The van der Waals surface area contributed by atoms with Crippen LogP contribution in [0, 0.1) is 0 Å². The van der Waals surface area contributed by atoms with E-state index >= 15 is 0 Å². The predicted octanol–water partition coefficient (Wildman–Crippen LogP) is 2.08. The summed E-state index contributed by atoms with van der Waals surface area (Å²) in [5.41, 5.74) is 0. The van der Waals surface area contributed by atoms with Crippen molar-refractivity contribution in [3.63, 3.8) is 0 Å². The second-order valence-electron chi connectivity index (χ2n) is 7.52. The molecule has 1 N–H and O–H groups in total. The van der Waals surface area contributed by atoms with Crippen LogP contribution in [0.3, 0.4) is 0 Å². The number of carbonyl (C=O) groups excluding carboxylic acids is 1. The van der Waals surface area contributed by atoms with E-state index in [1.54, 1.807) is 0 Å². The fourth-order valence-electron chi connectivity index (χ4n) is 3.29. The van der Waals surface area contributed by atoms with Crippen molar-refractivity contribution >= 4 is 16.0 Å². The van der Waals surface area contributed by atoms with Gasteiger partial charge in [0.15, 0.2) is 0 Å². The third-order valence-electron chi connectivity index (χ3n) is 4.84. The molecule has 1 amide bonds. The van der Waals surface area contributed by atoms with Crippen molar-refractivity contribution in [1.29, 1.82) is 0 Å². The Bertz CT molecular complexity index is 483. The minimum atomic E-state index is -4.35. The molecule has 5 nitrogen and oxygen atoms in total. The maximum absolute atomic E-state index is 11.3. The first-order valence-electron chi connectivity index (χ1n) is 10.8. The molecular weight excluding hydrogens is 385 g/mol. The number of rotatable bonds is 19. The average molecular weight is 426 g/mol.